The van der Waals surface area contributed by atoms with Crippen molar-refractivity contribution in [3.63, 3.8) is 0 Å². The molecule has 0 aromatic heterocycles. The summed E-state index contributed by atoms with van der Waals surface area (Å²) in [6.07, 6.45) is 1.69. The first-order valence-corrected chi connectivity index (χ1v) is 4.65. The van der Waals surface area contributed by atoms with Gasteiger partial charge in [-0.2, -0.15) is 0 Å². The Morgan fingerprint density at radius 1 is 1.07 bits per heavy atom. The highest BCUT2D eigenvalue weighted by atomic mass is 16.7. The van der Waals surface area contributed by atoms with Crippen LogP contribution in [0.25, 0.3) is 0 Å². The van der Waals surface area contributed by atoms with Crippen LogP contribution >= 0.6 is 0 Å². The van der Waals surface area contributed by atoms with E-state index in [1.807, 2.05) is 20.8 Å². The minimum atomic E-state index is -1.11. The Labute approximate surface area is 85.8 Å². The van der Waals surface area contributed by atoms with Crippen LogP contribution in [0.4, 0.5) is 0 Å². The SMILES string of the molecule is C=NOC(N=C)(N=C)C(C)(CC)CC. The van der Waals surface area contributed by atoms with Crippen LogP contribution in [0.2, 0.25) is 0 Å². The second-order valence-electron chi connectivity index (χ2n) is 3.41. The van der Waals surface area contributed by atoms with Crippen molar-refractivity contribution in [3.05, 3.63) is 0 Å². The molecular weight excluding hydrogens is 178 g/mol. The van der Waals surface area contributed by atoms with E-state index in [2.05, 4.69) is 35.3 Å². The van der Waals surface area contributed by atoms with Crippen molar-refractivity contribution in [2.45, 2.75) is 39.5 Å². The summed E-state index contributed by atoms with van der Waals surface area (Å²) in [6, 6.07) is 0. The van der Waals surface area contributed by atoms with Crippen molar-refractivity contribution in [2.24, 2.45) is 20.6 Å². The normalized spacial score (nSPS) is 11.9. The van der Waals surface area contributed by atoms with Gasteiger partial charge in [-0.05, 0) is 26.3 Å². The molecule has 0 unspecified atom stereocenters. The lowest BCUT2D eigenvalue weighted by Gasteiger charge is -2.38. The fraction of sp³-hybridized carbons (Fsp3) is 0.700. The van der Waals surface area contributed by atoms with Crippen molar-refractivity contribution in [1.82, 2.24) is 0 Å². The smallest absolute Gasteiger partial charge is 0.326 e. The molecule has 0 aliphatic heterocycles. The monoisotopic (exact) mass is 197 g/mol. The summed E-state index contributed by atoms with van der Waals surface area (Å²) >= 11 is 0. The lowest BCUT2D eigenvalue weighted by atomic mass is 9.79. The number of hydrogen-bond acceptors (Lipinski definition) is 4. The molecule has 0 aliphatic carbocycles. The van der Waals surface area contributed by atoms with Crippen LogP contribution in [0.15, 0.2) is 15.1 Å². The van der Waals surface area contributed by atoms with Crippen LogP contribution in [0.3, 0.4) is 0 Å². The molecule has 0 N–H and O–H groups in total. The largest absolute Gasteiger partial charge is 0.341 e. The number of rotatable bonds is 7. The zero-order chi connectivity index (χ0) is 11.2. The van der Waals surface area contributed by atoms with E-state index in [0.717, 1.165) is 12.8 Å². The summed E-state index contributed by atoms with van der Waals surface area (Å²) in [6.45, 7) is 16.4. The highest BCUT2D eigenvalue weighted by Crippen LogP contribution is 2.42. The fourth-order valence-electron chi connectivity index (χ4n) is 1.40. The number of hydrogen-bond donors (Lipinski definition) is 0. The molecule has 0 atom stereocenters. The zero-order valence-corrected chi connectivity index (χ0v) is 9.29. The van der Waals surface area contributed by atoms with Gasteiger partial charge in [0.1, 0.15) is 0 Å². The molecule has 80 valence electrons. The predicted octanol–water partition coefficient (Wildman–Crippen LogP) is 2.50. The van der Waals surface area contributed by atoms with Crippen molar-refractivity contribution in [3.8, 4) is 0 Å². The third kappa shape index (κ3) is 1.84. The first kappa shape index (κ1) is 12.8. The average molecular weight is 197 g/mol. The summed E-state index contributed by atoms with van der Waals surface area (Å²) < 4.78 is 0. The third-order valence-corrected chi connectivity index (χ3v) is 2.97. The van der Waals surface area contributed by atoms with Crippen LogP contribution < -0.4 is 0 Å². The average Bonchev–Trinajstić information content (AvgIpc) is 2.24. The Hall–Kier alpha value is -1.19. The van der Waals surface area contributed by atoms with Gasteiger partial charge in [0, 0.05) is 6.72 Å². The maximum atomic E-state index is 5.13. The van der Waals surface area contributed by atoms with Gasteiger partial charge in [0.15, 0.2) is 0 Å². The first-order valence-electron chi connectivity index (χ1n) is 4.65. The summed E-state index contributed by atoms with van der Waals surface area (Å²) in [5, 5.41) is 3.39. The molecule has 0 heterocycles. The van der Waals surface area contributed by atoms with Crippen molar-refractivity contribution < 1.29 is 4.84 Å². The maximum absolute atomic E-state index is 5.13. The number of oxime groups is 1. The highest BCUT2D eigenvalue weighted by Gasteiger charge is 2.48. The van der Waals surface area contributed by atoms with E-state index in [-0.39, 0.29) is 5.41 Å². The van der Waals surface area contributed by atoms with Gasteiger partial charge in [-0.1, -0.05) is 25.9 Å². The standard InChI is InChI=1S/C10H19N3O/c1-7-9(3,8-2)10(11-4,12-5)14-13-6/h4-8H2,1-3H3. The number of nitrogens with zero attached hydrogens (tertiary/aromatic N) is 3. The molecule has 0 aromatic rings. The Kier molecular flexibility index (Phi) is 4.47. The Balaban J connectivity index is 5.22. The van der Waals surface area contributed by atoms with Gasteiger partial charge in [-0.15, -0.1) is 0 Å². The molecule has 0 saturated heterocycles. The predicted molar refractivity (Wildman–Crippen MR) is 61.2 cm³/mol. The quantitative estimate of drug-likeness (QED) is 0.457. The van der Waals surface area contributed by atoms with Gasteiger partial charge < -0.3 is 4.84 Å². The molecule has 14 heavy (non-hydrogen) atoms. The van der Waals surface area contributed by atoms with Crippen LogP contribution in [0.1, 0.15) is 33.6 Å². The molecule has 0 radical (unpaired) electrons. The van der Waals surface area contributed by atoms with Crippen LogP contribution in [-0.4, -0.2) is 26.0 Å². The fourth-order valence-corrected chi connectivity index (χ4v) is 1.40. The minimum absolute atomic E-state index is 0.266. The van der Waals surface area contributed by atoms with Gasteiger partial charge in [0.25, 0.3) is 0 Å². The molecule has 4 heteroatoms. The Morgan fingerprint density at radius 2 is 1.50 bits per heavy atom. The van der Waals surface area contributed by atoms with E-state index in [1.165, 1.54) is 0 Å². The summed E-state index contributed by atoms with van der Waals surface area (Å²) in [5.41, 5.74) is -0.266. The van der Waals surface area contributed by atoms with E-state index < -0.39 is 5.85 Å². The topological polar surface area (TPSA) is 46.3 Å². The molecule has 0 bridgehead atoms. The van der Waals surface area contributed by atoms with Crippen molar-refractivity contribution in [1.29, 1.82) is 0 Å². The van der Waals surface area contributed by atoms with Gasteiger partial charge in [-0.25, -0.2) is 9.98 Å². The third-order valence-electron chi connectivity index (χ3n) is 2.97. The second-order valence-corrected chi connectivity index (χ2v) is 3.41. The first-order chi connectivity index (χ1) is 6.55. The molecule has 0 amide bonds. The van der Waals surface area contributed by atoms with Crippen LogP contribution in [0.5, 0.6) is 0 Å². The molecule has 0 rings (SSSR count). The summed E-state index contributed by atoms with van der Waals surface area (Å²) in [5.74, 6) is -1.11. The van der Waals surface area contributed by atoms with E-state index in [0.29, 0.717) is 0 Å². The van der Waals surface area contributed by atoms with Gasteiger partial charge in [0.2, 0.25) is 0 Å². The number of aliphatic imine (C=N–C) groups is 2. The molecule has 0 spiro atoms. The molecule has 0 aromatic carbocycles. The Bertz CT molecular complexity index is 213. The van der Waals surface area contributed by atoms with E-state index in [1.54, 1.807) is 0 Å². The molecule has 4 nitrogen and oxygen atoms in total. The van der Waals surface area contributed by atoms with Gasteiger partial charge in [0.05, 0.1) is 5.41 Å². The van der Waals surface area contributed by atoms with Gasteiger partial charge >= 0.3 is 5.85 Å². The molecular formula is C10H19N3O. The van der Waals surface area contributed by atoms with Crippen molar-refractivity contribution >= 4 is 20.2 Å². The van der Waals surface area contributed by atoms with E-state index in [9.17, 15) is 0 Å². The summed E-state index contributed by atoms with van der Waals surface area (Å²) in [7, 11) is 0. The van der Waals surface area contributed by atoms with Crippen LogP contribution in [0, 0.1) is 5.41 Å². The van der Waals surface area contributed by atoms with E-state index in [4.69, 9.17) is 4.84 Å². The zero-order valence-electron chi connectivity index (χ0n) is 9.29. The minimum Gasteiger partial charge on any atom is -0.341 e. The summed E-state index contributed by atoms with van der Waals surface area (Å²) in [4.78, 5) is 12.9. The Morgan fingerprint density at radius 3 is 1.71 bits per heavy atom. The maximum Gasteiger partial charge on any atom is 0.326 e. The van der Waals surface area contributed by atoms with Gasteiger partial charge in [-0.3, -0.25) is 0 Å². The molecule has 0 aliphatic rings. The molecule has 0 saturated carbocycles. The lowest BCUT2D eigenvalue weighted by Crippen LogP contribution is -2.43. The van der Waals surface area contributed by atoms with Crippen molar-refractivity contribution in [2.75, 3.05) is 0 Å². The van der Waals surface area contributed by atoms with E-state index >= 15 is 0 Å². The molecule has 0 fully saturated rings. The lowest BCUT2D eigenvalue weighted by molar-refractivity contribution is -0.119. The van der Waals surface area contributed by atoms with Crippen LogP contribution in [-0.2, 0) is 4.84 Å². The highest BCUT2D eigenvalue weighted by molar-refractivity contribution is 5.31. The second kappa shape index (κ2) is 4.88.